The number of ether oxygens (including phenoxy) is 1. The van der Waals surface area contributed by atoms with Crippen molar-refractivity contribution in [3.8, 4) is 5.75 Å². The van der Waals surface area contributed by atoms with Gasteiger partial charge in [0.1, 0.15) is 5.75 Å². The molecular formula is C17H26N2O2. The van der Waals surface area contributed by atoms with Gasteiger partial charge in [0, 0.05) is 0 Å². The van der Waals surface area contributed by atoms with Gasteiger partial charge in [0.25, 0.3) is 0 Å². The molecule has 116 valence electrons. The Labute approximate surface area is 127 Å². The zero-order valence-electron chi connectivity index (χ0n) is 13.5. The van der Waals surface area contributed by atoms with Gasteiger partial charge >= 0.3 is 0 Å². The van der Waals surface area contributed by atoms with E-state index in [2.05, 4.69) is 24.5 Å². The topological polar surface area (TPSA) is 50.4 Å². The van der Waals surface area contributed by atoms with Crippen molar-refractivity contribution in [2.45, 2.75) is 46.6 Å². The van der Waals surface area contributed by atoms with Crippen LogP contribution in [0.4, 0.5) is 5.69 Å². The Morgan fingerprint density at radius 2 is 2.24 bits per heavy atom. The number of hydrogen-bond acceptors (Lipinski definition) is 3. The van der Waals surface area contributed by atoms with Crippen LogP contribution in [0.15, 0.2) is 18.2 Å². The van der Waals surface area contributed by atoms with Crippen molar-refractivity contribution in [3.05, 3.63) is 23.8 Å². The van der Waals surface area contributed by atoms with Gasteiger partial charge in [0.2, 0.25) is 5.91 Å². The summed E-state index contributed by atoms with van der Waals surface area (Å²) in [4.78, 5) is 12.6. The summed E-state index contributed by atoms with van der Waals surface area (Å²) in [5, 5.41) is 6.36. The number of aryl methyl sites for hydroxylation is 1. The van der Waals surface area contributed by atoms with Crippen LogP contribution in [0.5, 0.6) is 5.75 Å². The number of hydrogen-bond donors (Lipinski definition) is 2. The summed E-state index contributed by atoms with van der Waals surface area (Å²) in [6, 6.07) is 5.69. The Bertz CT molecular complexity index is 512. The Balaban J connectivity index is 2.15. The fourth-order valence-electron chi connectivity index (χ4n) is 2.87. The van der Waals surface area contributed by atoms with Crippen molar-refractivity contribution < 1.29 is 9.53 Å². The normalized spacial score (nSPS) is 20.9. The van der Waals surface area contributed by atoms with E-state index in [1.165, 1.54) is 0 Å². The zero-order valence-corrected chi connectivity index (χ0v) is 13.5. The first kappa shape index (κ1) is 15.8. The number of benzene rings is 1. The van der Waals surface area contributed by atoms with Gasteiger partial charge < -0.3 is 15.4 Å². The largest absolute Gasteiger partial charge is 0.492 e. The standard InChI is InChI=1S/C17H26N2O2/c1-5-21-14-11-12(2)7-8-13(14)19-16(20)15-17(3,4)9-6-10-18-15/h7-8,11,15,18H,5-6,9-10H2,1-4H3,(H,19,20). The third kappa shape index (κ3) is 3.76. The second kappa shape index (κ2) is 6.48. The number of amides is 1. The predicted octanol–water partition coefficient (Wildman–Crippen LogP) is 3.11. The quantitative estimate of drug-likeness (QED) is 0.896. The molecule has 1 aliphatic rings. The smallest absolute Gasteiger partial charge is 0.242 e. The SMILES string of the molecule is CCOc1cc(C)ccc1NC(=O)C1NCCCC1(C)C. The lowest BCUT2D eigenvalue weighted by molar-refractivity contribution is -0.121. The van der Waals surface area contributed by atoms with Crippen LogP contribution in [0.25, 0.3) is 0 Å². The fourth-order valence-corrected chi connectivity index (χ4v) is 2.87. The average Bonchev–Trinajstić information content (AvgIpc) is 2.41. The molecule has 21 heavy (non-hydrogen) atoms. The molecule has 1 atom stereocenters. The molecule has 0 aromatic heterocycles. The number of carbonyl (C=O) groups is 1. The van der Waals surface area contributed by atoms with E-state index in [1.807, 2.05) is 32.0 Å². The summed E-state index contributed by atoms with van der Waals surface area (Å²) >= 11 is 0. The fraction of sp³-hybridized carbons (Fsp3) is 0.588. The van der Waals surface area contributed by atoms with Gasteiger partial charge in [-0.15, -0.1) is 0 Å². The summed E-state index contributed by atoms with van der Waals surface area (Å²) in [5.41, 5.74) is 1.84. The lowest BCUT2D eigenvalue weighted by Gasteiger charge is -2.38. The molecule has 1 heterocycles. The lowest BCUT2D eigenvalue weighted by atomic mass is 9.77. The van der Waals surface area contributed by atoms with Crippen molar-refractivity contribution in [3.63, 3.8) is 0 Å². The minimum absolute atomic E-state index is 0.0181. The van der Waals surface area contributed by atoms with Crippen LogP contribution in [0.2, 0.25) is 0 Å². The van der Waals surface area contributed by atoms with Gasteiger partial charge in [-0.25, -0.2) is 0 Å². The Morgan fingerprint density at radius 1 is 1.48 bits per heavy atom. The molecule has 0 saturated carbocycles. The number of rotatable bonds is 4. The van der Waals surface area contributed by atoms with Crippen LogP contribution in [0.3, 0.4) is 0 Å². The molecule has 2 rings (SSSR count). The third-order valence-corrected chi connectivity index (χ3v) is 4.08. The summed E-state index contributed by atoms with van der Waals surface area (Å²) in [7, 11) is 0. The molecule has 0 bridgehead atoms. The van der Waals surface area contributed by atoms with Crippen LogP contribution < -0.4 is 15.4 Å². The number of anilines is 1. The van der Waals surface area contributed by atoms with Gasteiger partial charge in [-0.2, -0.15) is 0 Å². The van der Waals surface area contributed by atoms with Gasteiger partial charge in [0.05, 0.1) is 18.3 Å². The summed E-state index contributed by atoms with van der Waals surface area (Å²) in [6.07, 6.45) is 2.18. The summed E-state index contributed by atoms with van der Waals surface area (Å²) < 4.78 is 5.62. The Hall–Kier alpha value is -1.55. The molecule has 4 heteroatoms. The highest BCUT2D eigenvalue weighted by atomic mass is 16.5. The highest BCUT2D eigenvalue weighted by molar-refractivity contribution is 5.96. The molecule has 4 nitrogen and oxygen atoms in total. The predicted molar refractivity (Wildman–Crippen MR) is 85.8 cm³/mol. The average molecular weight is 290 g/mol. The molecule has 1 unspecified atom stereocenters. The first-order chi connectivity index (χ1) is 9.94. The Kier molecular flexibility index (Phi) is 4.88. The van der Waals surface area contributed by atoms with E-state index in [1.54, 1.807) is 0 Å². The molecule has 1 amide bonds. The van der Waals surface area contributed by atoms with Crippen LogP contribution in [-0.4, -0.2) is 25.1 Å². The van der Waals surface area contributed by atoms with E-state index in [9.17, 15) is 4.79 Å². The highest BCUT2D eigenvalue weighted by Crippen LogP contribution is 2.32. The van der Waals surface area contributed by atoms with Gasteiger partial charge in [0.15, 0.2) is 0 Å². The van der Waals surface area contributed by atoms with Crippen molar-refractivity contribution in [1.29, 1.82) is 0 Å². The highest BCUT2D eigenvalue weighted by Gasteiger charge is 2.37. The number of nitrogens with one attached hydrogen (secondary N) is 2. The van der Waals surface area contributed by atoms with Gasteiger partial charge in [-0.1, -0.05) is 19.9 Å². The lowest BCUT2D eigenvalue weighted by Crippen LogP contribution is -2.53. The van der Waals surface area contributed by atoms with Gasteiger partial charge in [-0.3, -0.25) is 4.79 Å². The maximum absolute atomic E-state index is 12.6. The molecule has 1 fully saturated rings. The van der Waals surface area contributed by atoms with E-state index in [0.29, 0.717) is 6.61 Å². The molecule has 1 saturated heterocycles. The van der Waals surface area contributed by atoms with E-state index < -0.39 is 0 Å². The van der Waals surface area contributed by atoms with Gasteiger partial charge in [-0.05, 0) is 56.3 Å². The molecular weight excluding hydrogens is 264 g/mol. The van der Waals surface area contributed by atoms with Crippen LogP contribution in [0.1, 0.15) is 39.2 Å². The van der Waals surface area contributed by atoms with E-state index >= 15 is 0 Å². The minimum atomic E-state index is -0.165. The number of piperidine rings is 1. The first-order valence-electron chi connectivity index (χ1n) is 7.72. The molecule has 1 aliphatic heterocycles. The molecule has 1 aromatic carbocycles. The second-order valence-corrected chi connectivity index (χ2v) is 6.40. The molecule has 0 radical (unpaired) electrons. The van der Waals surface area contributed by atoms with Crippen LogP contribution in [-0.2, 0) is 4.79 Å². The van der Waals surface area contributed by atoms with E-state index in [4.69, 9.17) is 4.74 Å². The Morgan fingerprint density at radius 3 is 2.90 bits per heavy atom. The molecule has 1 aromatic rings. The number of carbonyl (C=O) groups excluding carboxylic acids is 1. The summed E-state index contributed by atoms with van der Waals surface area (Å²) in [6.45, 7) is 9.72. The first-order valence-corrected chi connectivity index (χ1v) is 7.72. The third-order valence-electron chi connectivity index (χ3n) is 4.08. The summed E-state index contributed by atoms with van der Waals surface area (Å²) in [5.74, 6) is 0.754. The minimum Gasteiger partial charge on any atom is -0.492 e. The second-order valence-electron chi connectivity index (χ2n) is 6.40. The van der Waals surface area contributed by atoms with Crippen LogP contribution >= 0.6 is 0 Å². The van der Waals surface area contributed by atoms with Crippen molar-refractivity contribution in [1.82, 2.24) is 5.32 Å². The van der Waals surface area contributed by atoms with Crippen LogP contribution in [0, 0.1) is 12.3 Å². The van der Waals surface area contributed by atoms with Crippen molar-refractivity contribution in [2.24, 2.45) is 5.41 Å². The monoisotopic (exact) mass is 290 g/mol. The maximum Gasteiger partial charge on any atom is 0.242 e. The molecule has 2 N–H and O–H groups in total. The maximum atomic E-state index is 12.6. The van der Waals surface area contributed by atoms with Crippen molar-refractivity contribution >= 4 is 11.6 Å². The molecule has 0 spiro atoms. The zero-order chi connectivity index (χ0) is 15.5. The van der Waals surface area contributed by atoms with Crippen molar-refractivity contribution in [2.75, 3.05) is 18.5 Å². The van der Waals surface area contributed by atoms with E-state index in [0.717, 1.165) is 36.4 Å². The van der Waals surface area contributed by atoms with E-state index in [-0.39, 0.29) is 17.4 Å². The molecule has 0 aliphatic carbocycles.